The van der Waals surface area contributed by atoms with E-state index in [4.69, 9.17) is 33.3 Å². The molecule has 8 heteroatoms. The van der Waals surface area contributed by atoms with Crippen LogP contribution in [0.25, 0.3) is 6.08 Å². The van der Waals surface area contributed by atoms with E-state index in [-0.39, 0.29) is 17.3 Å². The maximum Gasteiger partial charge on any atom is 0.270 e. The van der Waals surface area contributed by atoms with Crippen molar-refractivity contribution >= 4 is 52.5 Å². The van der Waals surface area contributed by atoms with E-state index in [0.29, 0.717) is 22.0 Å². The summed E-state index contributed by atoms with van der Waals surface area (Å²) in [5.74, 6) is 0.295. The van der Waals surface area contributed by atoms with Crippen LogP contribution in [0, 0.1) is 0 Å². The lowest BCUT2D eigenvalue weighted by Gasteiger charge is -2.29. The smallest absolute Gasteiger partial charge is 0.270 e. The van der Waals surface area contributed by atoms with Gasteiger partial charge >= 0.3 is 0 Å². The maximum atomic E-state index is 13.2. The van der Waals surface area contributed by atoms with Crippen molar-refractivity contribution in [3.63, 3.8) is 0 Å². The molecular weight excluding hydrogens is 484 g/mol. The number of amides is 2. The summed E-state index contributed by atoms with van der Waals surface area (Å²) in [5.41, 5.74) is 3.11. The molecule has 3 aromatic carbocycles. The molecule has 0 aromatic heterocycles. The number of halogens is 1. The quantitative estimate of drug-likeness (QED) is 0.267. The van der Waals surface area contributed by atoms with E-state index in [9.17, 15) is 9.59 Å². The minimum absolute atomic E-state index is 0.0115. The number of nitrogens with zero attached hydrogens (tertiary/aromatic N) is 1. The number of ether oxygens (including phenoxy) is 2. The number of benzene rings is 3. The maximum absolute atomic E-state index is 13.2. The van der Waals surface area contributed by atoms with E-state index in [1.54, 1.807) is 43.5 Å². The van der Waals surface area contributed by atoms with Crippen LogP contribution < -0.4 is 19.7 Å². The number of rotatable bonds is 7. The van der Waals surface area contributed by atoms with Gasteiger partial charge in [0.2, 0.25) is 0 Å². The topological polar surface area (TPSA) is 67.9 Å². The molecule has 0 saturated carbocycles. The Labute approximate surface area is 214 Å². The van der Waals surface area contributed by atoms with Crippen LogP contribution in [0.15, 0.2) is 72.3 Å². The average molecular weight is 507 g/mol. The highest BCUT2D eigenvalue weighted by atomic mass is 35.5. The summed E-state index contributed by atoms with van der Waals surface area (Å²) in [7, 11) is 1.58. The molecule has 35 heavy (non-hydrogen) atoms. The predicted octanol–water partition coefficient (Wildman–Crippen LogP) is 5.32. The normalized spacial score (nSPS) is 14.8. The number of carbonyl (C=O) groups is 2. The summed E-state index contributed by atoms with van der Waals surface area (Å²) in [6, 6.07) is 19.9. The van der Waals surface area contributed by atoms with Crippen molar-refractivity contribution in [3.8, 4) is 11.5 Å². The molecule has 0 spiro atoms. The summed E-state index contributed by atoms with van der Waals surface area (Å²) < 4.78 is 11.4. The van der Waals surface area contributed by atoms with Crippen LogP contribution in [0.1, 0.15) is 23.6 Å². The van der Waals surface area contributed by atoms with E-state index in [0.717, 1.165) is 17.7 Å². The van der Waals surface area contributed by atoms with Crippen molar-refractivity contribution in [2.75, 3.05) is 12.0 Å². The van der Waals surface area contributed by atoms with Crippen LogP contribution in [-0.4, -0.2) is 24.0 Å². The van der Waals surface area contributed by atoms with Crippen molar-refractivity contribution in [3.05, 3.63) is 94.0 Å². The third-order valence-electron chi connectivity index (χ3n) is 5.53. The lowest BCUT2D eigenvalue weighted by Crippen LogP contribution is -2.54. The SMILES string of the molecule is CCc1ccc(OCc2cc(/C=C3/C(=O)NC(=S)N(c4ccc(Cl)cc4)C3=O)ccc2OC)cc1. The highest BCUT2D eigenvalue weighted by Gasteiger charge is 2.34. The zero-order valence-electron chi connectivity index (χ0n) is 19.2. The Hall–Kier alpha value is -3.68. The largest absolute Gasteiger partial charge is 0.496 e. The fourth-order valence-corrected chi connectivity index (χ4v) is 4.04. The van der Waals surface area contributed by atoms with Gasteiger partial charge in [-0.2, -0.15) is 0 Å². The number of thiocarbonyl (C=S) groups is 1. The Balaban J connectivity index is 1.60. The van der Waals surface area contributed by atoms with Gasteiger partial charge in [0.25, 0.3) is 11.8 Å². The minimum atomic E-state index is -0.560. The van der Waals surface area contributed by atoms with Gasteiger partial charge in [-0.25, -0.2) is 0 Å². The molecule has 0 atom stereocenters. The number of carbonyl (C=O) groups excluding carboxylic acids is 2. The Morgan fingerprint density at radius 1 is 1.03 bits per heavy atom. The molecule has 0 radical (unpaired) electrons. The summed E-state index contributed by atoms with van der Waals surface area (Å²) >= 11 is 11.2. The van der Waals surface area contributed by atoms with Gasteiger partial charge in [0.05, 0.1) is 12.8 Å². The first-order valence-corrected chi connectivity index (χ1v) is 11.7. The first-order chi connectivity index (χ1) is 16.9. The average Bonchev–Trinajstić information content (AvgIpc) is 2.86. The highest BCUT2D eigenvalue weighted by Crippen LogP contribution is 2.26. The van der Waals surface area contributed by atoms with Crippen LogP contribution >= 0.6 is 23.8 Å². The number of methoxy groups -OCH3 is 1. The van der Waals surface area contributed by atoms with Crippen LogP contribution in [0.5, 0.6) is 11.5 Å². The lowest BCUT2D eigenvalue weighted by atomic mass is 10.0. The van der Waals surface area contributed by atoms with Gasteiger partial charge < -0.3 is 9.47 Å². The first kappa shape index (κ1) is 24.4. The van der Waals surface area contributed by atoms with Gasteiger partial charge in [0.1, 0.15) is 23.7 Å². The highest BCUT2D eigenvalue weighted by molar-refractivity contribution is 7.80. The molecular formula is C27H23ClN2O4S. The molecule has 1 saturated heterocycles. The molecule has 1 N–H and O–H groups in total. The fourth-order valence-electron chi connectivity index (χ4n) is 3.63. The third kappa shape index (κ3) is 5.53. The van der Waals surface area contributed by atoms with Gasteiger partial charge in [-0.15, -0.1) is 0 Å². The van der Waals surface area contributed by atoms with Crippen molar-refractivity contribution in [2.24, 2.45) is 0 Å². The van der Waals surface area contributed by atoms with Crippen molar-refractivity contribution < 1.29 is 19.1 Å². The second kappa shape index (κ2) is 10.7. The van der Waals surface area contributed by atoms with E-state index in [2.05, 4.69) is 12.2 Å². The zero-order chi connectivity index (χ0) is 24.9. The Kier molecular flexibility index (Phi) is 7.48. The molecule has 0 aliphatic carbocycles. The van der Waals surface area contributed by atoms with E-state index >= 15 is 0 Å². The second-order valence-electron chi connectivity index (χ2n) is 7.79. The Bertz CT molecular complexity index is 1300. The number of nitrogens with one attached hydrogen (secondary N) is 1. The molecule has 2 amide bonds. The zero-order valence-corrected chi connectivity index (χ0v) is 20.8. The van der Waals surface area contributed by atoms with Crippen LogP contribution in [-0.2, 0) is 22.6 Å². The lowest BCUT2D eigenvalue weighted by molar-refractivity contribution is -0.122. The first-order valence-electron chi connectivity index (χ1n) is 10.9. The molecule has 3 aromatic rings. The number of hydrogen-bond acceptors (Lipinski definition) is 5. The van der Waals surface area contributed by atoms with Crippen LogP contribution in [0.2, 0.25) is 5.02 Å². The molecule has 1 fully saturated rings. The molecule has 1 aliphatic rings. The van der Waals surface area contributed by atoms with Gasteiger partial charge in [-0.05, 0) is 84.4 Å². The van der Waals surface area contributed by atoms with Crippen molar-refractivity contribution in [2.45, 2.75) is 20.0 Å². The van der Waals surface area contributed by atoms with E-state index < -0.39 is 11.8 Å². The fraction of sp³-hybridized carbons (Fsp3) is 0.148. The van der Waals surface area contributed by atoms with E-state index in [1.807, 2.05) is 30.3 Å². The molecule has 1 aliphatic heterocycles. The van der Waals surface area contributed by atoms with Crippen LogP contribution in [0.4, 0.5) is 5.69 Å². The number of hydrogen-bond donors (Lipinski definition) is 1. The Morgan fingerprint density at radius 2 is 1.74 bits per heavy atom. The van der Waals surface area contributed by atoms with Crippen molar-refractivity contribution in [1.29, 1.82) is 0 Å². The van der Waals surface area contributed by atoms with Gasteiger partial charge in [0, 0.05) is 10.6 Å². The molecule has 1 heterocycles. The van der Waals surface area contributed by atoms with Crippen molar-refractivity contribution in [1.82, 2.24) is 5.32 Å². The summed E-state index contributed by atoms with van der Waals surface area (Å²) in [6.07, 6.45) is 2.48. The molecule has 0 bridgehead atoms. The summed E-state index contributed by atoms with van der Waals surface area (Å²) in [6.45, 7) is 2.35. The number of aryl methyl sites for hydroxylation is 1. The number of anilines is 1. The third-order valence-corrected chi connectivity index (χ3v) is 6.06. The van der Waals surface area contributed by atoms with Gasteiger partial charge in [-0.3, -0.25) is 19.8 Å². The minimum Gasteiger partial charge on any atom is -0.496 e. The molecule has 4 rings (SSSR count). The second-order valence-corrected chi connectivity index (χ2v) is 8.61. The molecule has 178 valence electrons. The molecule has 0 unspecified atom stereocenters. The molecule has 6 nitrogen and oxygen atoms in total. The van der Waals surface area contributed by atoms with Gasteiger partial charge in [0.15, 0.2) is 5.11 Å². The summed E-state index contributed by atoms with van der Waals surface area (Å²) in [4.78, 5) is 27.1. The van der Waals surface area contributed by atoms with Crippen LogP contribution in [0.3, 0.4) is 0 Å². The van der Waals surface area contributed by atoms with E-state index in [1.165, 1.54) is 16.5 Å². The van der Waals surface area contributed by atoms with Gasteiger partial charge in [-0.1, -0.05) is 36.7 Å². The Morgan fingerprint density at radius 3 is 2.40 bits per heavy atom. The predicted molar refractivity (Wildman–Crippen MR) is 141 cm³/mol. The standard InChI is InChI=1S/C27H23ClN2O4S/c1-3-17-4-11-22(12-5-17)34-16-19-14-18(6-13-24(19)33-2)15-23-25(31)29-27(35)30(26(23)32)21-9-7-20(28)8-10-21/h4-15H,3,16H2,1-2H3,(H,29,31,35)/b23-15-. The monoisotopic (exact) mass is 506 g/mol. The summed E-state index contributed by atoms with van der Waals surface area (Å²) in [5, 5.41) is 3.12.